The van der Waals surface area contributed by atoms with Gasteiger partial charge in [0.15, 0.2) is 11.2 Å². The molecule has 0 aliphatic carbocycles. The molecule has 2 rings (SSSR count). The van der Waals surface area contributed by atoms with Gasteiger partial charge in [0.05, 0.1) is 10.5 Å². The Morgan fingerprint density at radius 1 is 1.46 bits per heavy atom. The normalized spacial score (nSPS) is 17.7. The minimum Gasteiger partial charge on any atom is -0.475 e. The highest BCUT2D eigenvalue weighted by Gasteiger charge is 2.32. The fraction of sp³-hybridized carbons (Fsp3) is 0.300. The van der Waals surface area contributed by atoms with Crippen LogP contribution in [-0.4, -0.2) is 11.2 Å². The maximum Gasteiger partial charge on any atom is 0.153 e. The first-order valence-electron chi connectivity index (χ1n) is 4.08. The quantitative estimate of drug-likeness (QED) is 0.643. The van der Waals surface area contributed by atoms with Crippen LogP contribution in [0.25, 0.3) is 0 Å². The number of carbonyl (C=O) groups is 1. The predicted octanol–water partition coefficient (Wildman–Crippen LogP) is 2.72. The van der Waals surface area contributed by atoms with Crippen molar-refractivity contribution in [2.45, 2.75) is 23.7 Å². The molecule has 1 aromatic rings. The third kappa shape index (κ3) is 1.44. The smallest absolute Gasteiger partial charge is 0.153 e. The number of hydrogen-bond acceptors (Lipinski definition) is 3. The zero-order valence-corrected chi connectivity index (χ0v) is 8.35. The second-order valence-electron chi connectivity index (χ2n) is 3.40. The van der Waals surface area contributed by atoms with Crippen molar-refractivity contribution in [3.63, 3.8) is 0 Å². The van der Waals surface area contributed by atoms with Crippen molar-refractivity contribution in [2.24, 2.45) is 0 Å². The van der Waals surface area contributed by atoms with Gasteiger partial charge in [-0.25, -0.2) is 0 Å². The molecule has 0 spiro atoms. The molecule has 0 saturated carbocycles. The lowest BCUT2D eigenvalue weighted by molar-refractivity contribution is 0.111. The van der Waals surface area contributed by atoms with Crippen LogP contribution in [0.15, 0.2) is 23.1 Å². The summed E-state index contributed by atoms with van der Waals surface area (Å²) in [5.74, 6) is 0.729. The number of aldehydes is 1. The fourth-order valence-electron chi connectivity index (χ4n) is 1.35. The van der Waals surface area contributed by atoms with Gasteiger partial charge in [0, 0.05) is 0 Å². The van der Waals surface area contributed by atoms with Crippen molar-refractivity contribution in [3.8, 4) is 5.75 Å². The van der Waals surface area contributed by atoms with E-state index in [-0.39, 0.29) is 4.93 Å². The number of para-hydroxylation sites is 1. The summed E-state index contributed by atoms with van der Waals surface area (Å²) in [6, 6.07) is 5.62. The van der Waals surface area contributed by atoms with Crippen LogP contribution in [0.1, 0.15) is 24.2 Å². The van der Waals surface area contributed by atoms with Crippen LogP contribution in [0, 0.1) is 0 Å². The molecule has 1 aliphatic heterocycles. The van der Waals surface area contributed by atoms with Crippen molar-refractivity contribution in [1.29, 1.82) is 0 Å². The van der Waals surface area contributed by atoms with E-state index in [2.05, 4.69) is 0 Å². The van der Waals surface area contributed by atoms with E-state index in [0.717, 1.165) is 16.9 Å². The first-order chi connectivity index (χ1) is 6.12. The molecule has 1 heterocycles. The van der Waals surface area contributed by atoms with Crippen molar-refractivity contribution >= 4 is 18.0 Å². The molecule has 68 valence electrons. The van der Waals surface area contributed by atoms with E-state index in [0.29, 0.717) is 5.56 Å². The summed E-state index contributed by atoms with van der Waals surface area (Å²) in [6.07, 6.45) is 0.834. The zero-order chi connectivity index (χ0) is 9.47. The van der Waals surface area contributed by atoms with Crippen LogP contribution in [-0.2, 0) is 0 Å². The number of fused-ring (bicyclic) bond motifs is 1. The SMILES string of the molecule is CC1(C)Oc2c(C=O)cccc2S1. The van der Waals surface area contributed by atoms with Gasteiger partial charge in [-0.1, -0.05) is 17.8 Å². The number of benzene rings is 1. The largest absolute Gasteiger partial charge is 0.475 e. The van der Waals surface area contributed by atoms with Gasteiger partial charge in [-0.2, -0.15) is 0 Å². The molecular weight excluding hydrogens is 184 g/mol. The second-order valence-corrected chi connectivity index (χ2v) is 5.02. The third-order valence-electron chi connectivity index (χ3n) is 1.84. The van der Waals surface area contributed by atoms with Crippen LogP contribution < -0.4 is 4.74 Å². The summed E-state index contributed by atoms with van der Waals surface area (Å²) >= 11 is 1.64. The van der Waals surface area contributed by atoms with Crippen molar-refractivity contribution in [2.75, 3.05) is 0 Å². The molecule has 0 saturated heterocycles. The first kappa shape index (κ1) is 8.63. The molecule has 1 aliphatic rings. The van der Waals surface area contributed by atoms with E-state index in [1.54, 1.807) is 17.8 Å². The molecule has 2 nitrogen and oxygen atoms in total. The Kier molecular flexibility index (Phi) is 1.84. The average Bonchev–Trinajstić information content (AvgIpc) is 2.37. The van der Waals surface area contributed by atoms with E-state index in [1.807, 2.05) is 26.0 Å². The molecule has 0 atom stereocenters. The highest BCUT2D eigenvalue weighted by atomic mass is 32.2. The van der Waals surface area contributed by atoms with Gasteiger partial charge in [0.2, 0.25) is 0 Å². The number of rotatable bonds is 1. The molecule has 0 bridgehead atoms. The fourth-order valence-corrected chi connectivity index (χ4v) is 2.40. The summed E-state index contributed by atoms with van der Waals surface area (Å²) in [6.45, 7) is 3.98. The molecular formula is C10H10O2S. The number of hydrogen-bond donors (Lipinski definition) is 0. The van der Waals surface area contributed by atoms with Crippen LogP contribution >= 0.6 is 11.8 Å². The van der Waals surface area contributed by atoms with Crippen molar-refractivity contribution in [1.82, 2.24) is 0 Å². The molecule has 13 heavy (non-hydrogen) atoms. The summed E-state index contributed by atoms with van der Waals surface area (Å²) in [4.78, 5) is 11.5. The summed E-state index contributed by atoms with van der Waals surface area (Å²) < 4.78 is 5.65. The van der Waals surface area contributed by atoms with Crippen molar-refractivity contribution in [3.05, 3.63) is 23.8 Å². The van der Waals surface area contributed by atoms with Gasteiger partial charge >= 0.3 is 0 Å². The molecule has 0 N–H and O–H groups in total. The summed E-state index contributed by atoms with van der Waals surface area (Å²) in [5, 5.41) is 0. The lowest BCUT2D eigenvalue weighted by Crippen LogP contribution is -2.18. The summed E-state index contributed by atoms with van der Waals surface area (Å²) in [7, 11) is 0. The van der Waals surface area contributed by atoms with Gasteiger partial charge < -0.3 is 4.74 Å². The highest BCUT2D eigenvalue weighted by molar-refractivity contribution is 8.00. The third-order valence-corrected chi connectivity index (χ3v) is 2.96. The maximum absolute atomic E-state index is 10.7. The Morgan fingerprint density at radius 3 is 2.92 bits per heavy atom. The van der Waals surface area contributed by atoms with E-state index in [1.165, 1.54) is 0 Å². The lowest BCUT2D eigenvalue weighted by Gasteiger charge is -2.15. The number of ether oxygens (including phenoxy) is 1. The lowest BCUT2D eigenvalue weighted by atomic mass is 10.2. The van der Waals surface area contributed by atoms with Gasteiger partial charge in [-0.15, -0.1) is 0 Å². The van der Waals surface area contributed by atoms with Crippen LogP contribution in [0.5, 0.6) is 5.75 Å². The van der Waals surface area contributed by atoms with E-state index in [9.17, 15) is 4.79 Å². The first-order valence-corrected chi connectivity index (χ1v) is 4.90. The molecule has 0 amide bonds. The Bertz CT molecular complexity index is 358. The second kappa shape index (κ2) is 2.77. The van der Waals surface area contributed by atoms with Gasteiger partial charge in [0.1, 0.15) is 5.75 Å². The number of carbonyl (C=O) groups excluding carboxylic acids is 1. The molecule has 0 aromatic heterocycles. The Morgan fingerprint density at radius 2 is 2.23 bits per heavy atom. The van der Waals surface area contributed by atoms with E-state index in [4.69, 9.17) is 4.74 Å². The van der Waals surface area contributed by atoms with Gasteiger partial charge in [0.25, 0.3) is 0 Å². The van der Waals surface area contributed by atoms with Gasteiger partial charge in [-0.3, -0.25) is 4.79 Å². The predicted molar refractivity (Wildman–Crippen MR) is 52.4 cm³/mol. The summed E-state index contributed by atoms with van der Waals surface area (Å²) in [5.41, 5.74) is 0.635. The van der Waals surface area contributed by atoms with E-state index < -0.39 is 0 Å². The molecule has 1 aromatic carbocycles. The molecule has 3 heteroatoms. The Hall–Kier alpha value is -0.960. The van der Waals surface area contributed by atoms with E-state index >= 15 is 0 Å². The minimum absolute atomic E-state index is 0.249. The highest BCUT2D eigenvalue weighted by Crippen LogP contribution is 2.48. The Balaban J connectivity index is 2.51. The average molecular weight is 194 g/mol. The Labute approximate surface area is 81.3 Å². The van der Waals surface area contributed by atoms with Crippen molar-refractivity contribution < 1.29 is 9.53 Å². The van der Waals surface area contributed by atoms with Crippen LogP contribution in [0.3, 0.4) is 0 Å². The molecule has 0 unspecified atom stereocenters. The molecule has 0 radical (unpaired) electrons. The standard InChI is InChI=1S/C10H10O2S/c1-10(2)12-9-7(6-11)4-3-5-8(9)13-10/h3-6H,1-2H3. The van der Waals surface area contributed by atoms with Crippen LogP contribution in [0.4, 0.5) is 0 Å². The maximum atomic E-state index is 10.7. The monoisotopic (exact) mass is 194 g/mol. The topological polar surface area (TPSA) is 26.3 Å². The minimum atomic E-state index is -0.249. The zero-order valence-electron chi connectivity index (χ0n) is 7.53. The molecule has 0 fully saturated rings. The van der Waals surface area contributed by atoms with Gasteiger partial charge in [-0.05, 0) is 26.0 Å². The number of thioether (sulfide) groups is 1. The van der Waals surface area contributed by atoms with Crippen LogP contribution in [0.2, 0.25) is 0 Å².